The van der Waals surface area contributed by atoms with Crippen molar-refractivity contribution in [3.05, 3.63) is 18.1 Å². The lowest BCUT2D eigenvalue weighted by Gasteiger charge is -2.05. The second kappa shape index (κ2) is 3.35. The minimum absolute atomic E-state index is 0.281. The predicted octanol–water partition coefficient (Wildman–Crippen LogP) is -0.881. The molecule has 0 spiro atoms. The van der Waals surface area contributed by atoms with Crippen LogP contribution in [0, 0.1) is 11.3 Å². The summed E-state index contributed by atoms with van der Waals surface area (Å²) in [5.41, 5.74) is 0.939. The van der Waals surface area contributed by atoms with Gasteiger partial charge in [-0.15, -0.1) is 5.10 Å². The van der Waals surface area contributed by atoms with Crippen LogP contribution in [0.3, 0.4) is 0 Å². The summed E-state index contributed by atoms with van der Waals surface area (Å²) in [4.78, 5) is 3.88. The fraction of sp³-hybridized carbons (Fsp3) is 0.286. The van der Waals surface area contributed by atoms with Gasteiger partial charge in [-0.1, -0.05) is 0 Å². The summed E-state index contributed by atoms with van der Waals surface area (Å²) in [6.07, 6.45) is 2.95. The first-order valence-corrected chi connectivity index (χ1v) is 3.89. The minimum atomic E-state index is -0.658. The lowest BCUT2D eigenvalue weighted by atomic mass is 10.1. The van der Waals surface area contributed by atoms with Crippen molar-refractivity contribution >= 4 is 5.65 Å². The number of nitrogens with zero attached hydrogens (tertiary/aromatic N) is 6. The zero-order valence-electron chi connectivity index (χ0n) is 7.07. The summed E-state index contributed by atoms with van der Waals surface area (Å²) < 4.78 is 1.39. The molecule has 7 heteroatoms. The van der Waals surface area contributed by atoms with Crippen LogP contribution in [-0.4, -0.2) is 36.7 Å². The summed E-state index contributed by atoms with van der Waals surface area (Å²) >= 11 is 0. The van der Waals surface area contributed by atoms with Crippen LogP contribution in [0.25, 0.3) is 5.65 Å². The Morgan fingerprint density at radius 3 is 3.14 bits per heavy atom. The summed E-state index contributed by atoms with van der Waals surface area (Å²) in [7, 11) is 0. The molecule has 0 aromatic carbocycles. The van der Waals surface area contributed by atoms with Gasteiger partial charge in [-0.05, 0) is 10.4 Å². The number of hydrogen-bond donors (Lipinski definition) is 1. The number of aliphatic hydroxyl groups excluding tert-OH is 1. The molecular formula is C7H6N6O. The molecule has 0 aliphatic carbocycles. The van der Waals surface area contributed by atoms with Crippen LogP contribution in [0.5, 0.6) is 0 Å². The number of hydrogen-bond acceptors (Lipinski definition) is 6. The van der Waals surface area contributed by atoms with Gasteiger partial charge in [0.15, 0.2) is 5.65 Å². The van der Waals surface area contributed by atoms with E-state index in [2.05, 4.69) is 20.5 Å². The quantitative estimate of drug-likeness (QED) is 0.659. The van der Waals surface area contributed by atoms with E-state index in [0.29, 0.717) is 11.3 Å². The van der Waals surface area contributed by atoms with Gasteiger partial charge in [0, 0.05) is 0 Å². The molecule has 7 nitrogen and oxygen atoms in total. The van der Waals surface area contributed by atoms with Crippen molar-refractivity contribution in [2.24, 2.45) is 0 Å². The fourth-order valence-electron chi connectivity index (χ4n) is 1.13. The van der Waals surface area contributed by atoms with Gasteiger partial charge in [-0.25, -0.2) is 0 Å². The Morgan fingerprint density at radius 2 is 2.43 bits per heavy atom. The molecule has 0 saturated carbocycles. The highest BCUT2D eigenvalue weighted by molar-refractivity contribution is 5.34. The molecule has 0 radical (unpaired) electrons. The van der Waals surface area contributed by atoms with Crippen molar-refractivity contribution in [1.82, 2.24) is 25.0 Å². The Balaban J connectivity index is 2.62. The van der Waals surface area contributed by atoms with Gasteiger partial charge >= 0.3 is 0 Å². The number of rotatable bonds is 2. The molecule has 2 aromatic rings. The van der Waals surface area contributed by atoms with E-state index in [1.54, 1.807) is 0 Å². The molecule has 0 aliphatic heterocycles. The van der Waals surface area contributed by atoms with Crippen molar-refractivity contribution in [1.29, 1.82) is 5.26 Å². The average Bonchev–Trinajstić information content (AvgIpc) is 2.68. The molecule has 2 rings (SSSR count). The van der Waals surface area contributed by atoms with Gasteiger partial charge in [0.25, 0.3) is 0 Å². The summed E-state index contributed by atoms with van der Waals surface area (Å²) in [6, 6.07) is 1.94. The summed E-state index contributed by atoms with van der Waals surface area (Å²) in [6.45, 7) is -0.281. The van der Waals surface area contributed by atoms with Crippen molar-refractivity contribution in [2.45, 2.75) is 5.92 Å². The van der Waals surface area contributed by atoms with Gasteiger partial charge in [-0.2, -0.15) is 9.78 Å². The number of aromatic nitrogens is 5. The number of nitriles is 1. The molecule has 0 aliphatic rings. The third kappa shape index (κ3) is 1.18. The number of aliphatic hydroxyl groups is 1. The Morgan fingerprint density at radius 1 is 1.57 bits per heavy atom. The van der Waals surface area contributed by atoms with Crippen LogP contribution in [0.4, 0.5) is 0 Å². The SMILES string of the molecule is N#CC(CO)c1cncc2nnnn12. The van der Waals surface area contributed by atoms with Gasteiger partial charge in [0.1, 0.15) is 5.92 Å². The maximum Gasteiger partial charge on any atom is 0.197 e. The Hall–Kier alpha value is -2.07. The first-order valence-electron chi connectivity index (χ1n) is 3.89. The lowest BCUT2D eigenvalue weighted by molar-refractivity contribution is 0.282. The second-order valence-electron chi connectivity index (χ2n) is 2.65. The van der Waals surface area contributed by atoms with Gasteiger partial charge in [0.05, 0.1) is 30.8 Å². The molecular weight excluding hydrogens is 184 g/mol. The van der Waals surface area contributed by atoms with Crippen molar-refractivity contribution in [2.75, 3.05) is 6.61 Å². The highest BCUT2D eigenvalue weighted by atomic mass is 16.3. The van der Waals surface area contributed by atoms with E-state index in [4.69, 9.17) is 10.4 Å². The van der Waals surface area contributed by atoms with E-state index in [1.165, 1.54) is 16.9 Å². The smallest absolute Gasteiger partial charge is 0.197 e. The molecule has 2 heterocycles. The molecule has 0 bridgehead atoms. The highest BCUT2D eigenvalue weighted by Gasteiger charge is 2.14. The van der Waals surface area contributed by atoms with Gasteiger partial charge in [-0.3, -0.25) is 4.98 Å². The summed E-state index contributed by atoms with van der Waals surface area (Å²) in [5, 5.41) is 28.5. The first kappa shape index (κ1) is 8.52. The highest BCUT2D eigenvalue weighted by Crippen LogP contribution is 2.12. The van der Waals surface area contributed by atoms with Crippen LogP contribution in [0.2, 0.25) is 0 Å². The van der Waals surface area contributed by atoms with E-state index < -0.39 is 5.92 Å². The van der Waals surface area contributed by atoms with E-state index >= 15 is 0 Å². The van der Waals surface area contributed by atoms with E-state index in [0.717, 1.165) is 0 Å². The Labute approximate surface area is 78.6 Å². The van der Waals surface area contributed by atoms with Gasteiger partial charge < -0.3 is 5.11 Å². The van der Waals surface area contributed by atoms with Crippen LogP contribution < -0.4 is 0 Å². The van der Waals surface area contributed by atoms with Gasteiger partial charge in [0.2, 0.25) is 0 Å². The fourth-order valence-corrected chi connectivity index (χ4v) is 1.13. The van der Waals surface area contributed by atoms with Crippen LogP contribution >= 0.6 is 0 Å². The average molecular weight is 190 g/mol. The summed E-state index contributed by atoms with van der Waals surface area (Å²) in [5.74, 6) is -0.658. The molecule has 1 unspecified atom stereocenters. The predicted molar refractivity (Wildman–Crippen MR) is 44.0 cm³/mol. The zero-order valence-corrected chi connectivity index (χ0v) is 7.07. The second-order valence-corrected chi connectivity index (χ2v) is 2.65. The molecule has 1 atom stereocenters. The normalized spacial score (nSPS) is 12.6. The Bertz CT molecular complexity index is 486. The van der Waals surface area contributed by atoms with E-state index in [1.807, 2.05) is 6.07 Å². The van der Waals surface area contributed by atoms with Crippen LogP contribution in [-0.2, 0) is 0 Å². The van der Waals surface area contributed by atoms with Crippen molar-refractivity contribution in [3.63, 3.8) is 0 Å². The largest absolute Gasteiger partial charge is 0.395 e. The monoisotopic (exact) mass is 190 g/mol. The standard InChI is InChI=1S/C7H6N6O/c8-1-5(4-14)6-2-9-3-7-10-11-12-13(6)7/h2-3,5,14H,4H2. The molecule has 0 saturated heterocycles. The molecule has 2 aromatic heterocycles. The maximum absolute atomic E-state index is 8.94. The topological polar surface area (TPSA) is 100.0 Å². The maximum atomic E-state index is 8.94. The minimum Gasteiger partial charge on any atom is -0.395 e. The molecule has 14 heavy (non-hydrogen) atoms. The van der Waals surface area contributed by atoms with E-state index in [-0.39, 0.29) is 6.61 Å². The third-order valence-corrected chi connectivity index (χ3v) is 1.83. The van der Waals surface area contributed by atoms with Crippen LogP contribution in [0.15, 0.2) is 12.4 Å². The molecule has 0 amide bonds. The molecule has 0 fully saturated rings. The Kier molecular flexibility index (Phi) is 2.04. The van der Waals surface area contributed by atoms with Crippen molar-refractivity contribution in [3.8, 4) is 6.07 Å². The first-order chi connectivity index (χ1) is 6.86. The molecule has 70 valence electrons. The number of tetrazole rings is 1. The number of fused-ring (bicyclic) bond motifs is 1. The molecule has 1 N–H and O–H groups in total. The van der Waals surface area contributed by atoms with E-state index in [9.17, 15) is 0 Å². The lowest BCUT2D eigenvalue weighted by Crippen LogP contribution is -2.08. The zero-order chi connectivity index (χ0) is 9.97. The van der Waals surface area contributed by atoms with Crippen LogP contribution in [0.1, 0.15) is 11.6 Å². The van der Waals surface area contributed by atoms with Crippen molar-refractivity contribution < 1.29 is 5.11 Å². The third-order valence-electron chi connectivity index (χ3n) is 1.83.